The molecule has 0 bridgehead atoms. The SMILES string of the molecule is CCOc1ccc(-c2ccc3nnc(SCC(=O)NCc4ccccc4Cl)n3n2)cc1. The van der Waals surface area contributed by atoms with Gasteiger partial charge in [0.15, 0.2) is 5.65 Å². The summed E-state index contributed by atoms with van der Waals surface area (Å²) in [6.07, 6.45) is 0. The highest BCUT2D eigenvalue weighted by Gasteiger charge is 2.12. The molecule has 4 aromatic rings. The first-order chi connectivity index (χ1) is 15.1. The lowest BCUT2D eigenvalue weighted by atomic mass is 10.1. The standard InChI is InChI=1S/C22H20ClN5O2S/c1-2-30-17-9-7-15(8-10-17)19-11-12-20-25-26-22(28(20)27-19)31-14-21(29)24-13-16-5-3-4-6-18(16)23/h3-12H,2,13-14H2,1H3,(H,24,29). The number of benzene rings is 2. The first kappa shape index (κ1) is 21.1. The highest BCUT2D eigenvalue weighted by molar-refractivity contribution is 7.99. The molecular formula is C22H20ClN5O2S. The minimum Gasteiger partial charge on any atom is -0.494 e. The fraction of sp³-hybridized carbons (Fsp3) is 0.182. The van der Waals surface area contributed by atoms with Crippen molar-refractivity contribution in [1.82, 2.24) is 25.1 Å². The fourth-order valence-electron chi connectivity index (χ4n) is 2.92. The zero-order chi connectivity index (χ0) is 21.6. The van der Waals surface area contributed by atoms with Crippen LogP contribution in [0.3, 0.4) is 0 Å². The lowest BCUT2D eigenvalue weighted by molar-refractivity contribution is -0.118. The molecule has 0 fully saturated rings. The Morgan fingerprint density at radius 1 is 1.10 bits per heavy atom. The van der Waals surface area contributed by atoms with Gasteiger partial charge in [0, 0.05) is 17.1 Å². The second-order valence-electron chi connectivity index (χ2n) is 6.59. The first-order valence-corrected chi connectivity index (χ1v) is 11.1. The number of nitrogens with one attached hydrogen (secondary N) is 1. The molecule has 0 atom stereocenters. The lowest BCUT2D eigenvalue weighted by Crippen LogP contribution is -2.24. The monoisotopic (exact) mass is 453 g/mol. The first-order valence-electron chi connectivity index (χ1n) is 9.72. The number of ether oxygens (including phenoxy) is 1. The topological polar surface area (TPSA) is 81.4 Å². The van der Waals surface area contributed by atoms with Crippen molar-refractivity contribution in [3.63, 3.8) is 0 Å². The summed E-state index contributed by atoms with van der Waals surface area (Å²) in [5.41, 5.74) is 3.22. The van der Waals surface area contributed by atoms with Crippen molar-refractivity contribution in [1.29, 1.82) is 0 Å². The second kappa shape index (κ2) is 9.80. The maximum absolute atomic E-state index is 12.3. The van der Waals surface area contributed by atoms with E-state index < -0.39 is 0 Å². The summed E-state index contributed by atoms with van der Waals surface area (Å²) in [6, 6.07) is 18.9. The van der Waals surface area contributed by atoms with Gasteiger partial charge in [0.05, 0.1) is 18.1 Å². The van der Waals surface area contributed by atoms with Crippen LogP contribution in [0.15, 0.2) is 65.8 Å². The normalized spacial score (nSPS) is 10.9. The van der Waals surface area contributed by atoms with Crippen LogP contribution in [0, 0.1) is 0 Å². The smallest absolute Gasteiger partial charge is 0.230 e. The Balaban J connectivity index is 1.42. The molecule has 1 amide bonds. The van der Waals surface area contributed by atoms with Crippen LogP contribution in [-0.2, 0) is 11.3 Å². The average molecular weight is 454 g/mol. The molecule has 4 rings (SSSR count). The number of carbonyl (C=O) groups excluding carboxylic acids is 1. The van der Waals surface area contributed by atoms with Gasteiger partial charge in [-0.1, -0.05) is 41.6 Å². The predicted octanol–water partition coefficient (Wildman–Crippen LogP) is 4.25. The summed E-state index contributed by atoms with van der Waals surface area (Å²) in [6.45, 7) is 2.95. The van der Waals surface area contributed by atoms with E-state index in [0.29, 0.717) is 29.0 Å². The summed E-state index contributed by atoms with van der Waals surface area (Å²) < 4.78 is 7.14. The van der Waals surface area contributed by atoms with Gasteiger partial charge in [-0.2, -0.15) is 9.61 Å². The van der Waals surface area contributed by atoms with E-state index in [1.165, 1.54) is 11.8 Å². The van der Waals surface area contributed by atoms with E-state index in [1.54, 1.807) is 10.6 Å². The molecular weight excluding hydrogens is 434 g/mol. The van der Waals surface area contributed by atoms with Crippen LogP contribution in [0.5, 0.6) is 5.75 Å². The quantitative estimate of drug-likeness (QED) is 0.401. The Morgan fingerprint density at radius 2 is 1.90 bits per heavy atom. The Morgan fingerprint density at radius 3 is 2.68 bits per heavy atom. The number of hydrogen-bond acceptors (Lipinski definition) is 6. The third-order valence-corrected chi connectivity index (χ3v) is 5.75. The van der Waals surface area contributed by atoms with E-state index in [2.05, 4.69) is 20.6 Å². The van der Waals surface area contributed by atoms with Gasteiger partial charge in [-0.15, -0.1) is 10.2 Å². The minimum atomic E-state index is -0.121. The van der Waals surface area contributed by atoms with Crippen LogP contribution in [0.1, 0.15) is 12.5 Å². The molecule has 0 unspecified atom stereocenters. The summed E-state index contributed by atoms with van der Waals surface area (Å²) in [7, 11) is 0. The number of amides is 1. The van der Waals surface area contributed by atoms with Crippen LogP contribution in [0.2, 0.25) is 5.02 Å². The molecule has 9 heteroatoms. The van der Waals surface area contributed by atoms with Gasteiger partial charge in [-0.3, -0.25) is 4.79 Å². The number of aromatic nitrogens is 4. The Hall–Kier alpha value is -3.10. The van der Waals surface area contributed by atoms with E-state index in [-0.39, 0.29) is 11.7 Å². The summed E-state index contributed by atoms with van der Waals surface area (Å²) in [4.78, 5) is 12.3. The van der Waals surface area contributed by atoms with Crippen LogP contribution in [0.25, 0.3) is 16.9 Å². The zero-order valence-electron chi connectivity index (χ0n) is 16.8. The molecule has 0 saturated carbocycles. The van der Waals surface area contributed by atoms with Crippen molar-refractivity contribution in [3.8, 4) is 17.0 Å². The van der Waals surface area contributed by atoms with Gasteiger partial charge < -0.3 is 10.1 Å². The van der Waals surface area contributed by atoms with Crippen molar-refractivity contribution in [2.24, 2.45) is 0 Å². The second-order valence-corrected chi connectivity index (χ2v) is 7.94. The van der Waals surface area contributed by atoms with Gasteiger partial charge in [0.1, 0.15) is 5.75 Å². The number of halogens is 1. The van der Waals surface area contributed by atoms with E-state index >= 15 is 0 Å². The number of nitrogens with zero attached hydrogens (tertiary/aromatic N) is 4. The van der Waals surface area contributed by atoms with Gasteiger partial charge >= 0.3 is 0 Å². The maximum Gasteiger partial charge on any atom is 0.230 e. The molecule has 7 nitrogen and oxygen atoms in total. The van der Waals surface area contributed by atoms with Crippen molar-refractivity contribution in [2.45, 2.75) is 18.6 Å². The highest BCUT2D eigenvalue weighted by atomic mass is 35.5. The number of fused-ring (bicyclic) bond motifs is 1. The molecule has 0 spiro atoms. The van der Waals surface area contributed by atoms with E-state index in [4.69, 9.17) is 16.3 Å². The molecule has 2 aromatic carbocycles. The molecule has 0 aliphatic heterocycles. The van der Waals surface area contributed by atoms with Crippen LogP contribution < -0.4 is 10.1 Å². The lowest BCUT2D eigenvalue weighted by Gasteiger charge is -2.07. The van der Waals surface area contributed by atoms with Crippen molar-refractivity contribution in [3.05, 3.63) is 71.2 Å². The van der Waals surface area contributed by atoms with E-state index in [0.717, 1.165) is 22.6 Å². The van der Waals surface area contributed by atoms with Crippen LogP contribution >= 0.6 is 23.4 Å². The molecule has 31 heavy (non-hydrogen) atoms. The Labute approximate surface area is 188 Å². The number of hydrogen-bond donors (Lipinski definition) is 1. The maximum atomic E-state index is 12.3. The van der Waals surface area contributed by atoms with Gasteiger partial charge in [-0.25, -0.2) is 0 Å². The third kappa shape index (κ3) is 5.15. The molecule has 0 radical (unpaired) electrons. The van der Waals surface area contributed by atoms with Crippen molar-refractivity contribution < 1.29 is 9.53 Å². The molecule has 2 heterocycles. The predicted molar refractivity (Wildman–Crippen MR) is 121 cm³/mol. The molecule has 2 aromatic heterocycles. The molecule has 0 saturated heterocycles. The van der Waals surface area contributed by atoms with Crippen molar-refractivity contribution >= 4 is 34.9 Å². The molecule has 1 N–H and O–H groups in total. The van der Waals surface area contributed by atoms with Crippen LogP contribution in [0.4, 0.5) is 0 Å². The summed E-state index contributed by atoms with van der Waals surface area (Å²) in [5, 5.41) is 17.0. The van der Waals surface area contributed by atoms with Crippen LogP contribution in [-0.4, -0.2) is 38.1 Å². The Bertz CT molecular complexity index is 1200. The third-order valence-electron chi connectivity index (χ3n) is 4.46. The molecule has 0 aliphatic carbocycles. The number of rotatable bonds is 8. The number of thioether (sulfide) groups is 1. The van der Waals surface area contributed by atoms with Gasteiger partial charge in [-0.05, 0) is 55.0 Å². The average Bonchev–Trinajstić information content (AvgIpc) is 3.20. The summed E-state index contributed by atoms with van der Waals surface area (Å²) >= 11 is 7.41. The minimum absolute atomic E-state index is 0.121. The largest absolute Gasteiger partial charge is 0.494 e. The van der Waals surface area contributed by atoms with Gasteiger partial charge in [0.25, 0.3) is 0 Å². The molecule has 0 aliphatic rings. The van der Waals surface area contributed by atoms with E-state index in [9.17, 15) is 4.79 Å². The number of carbonyl (C=O) groups is 1. The molecule has 158 valence electrons. The van der Waals surface area contributed by atoms with Crippen molar-refractivity contribution in [2.75, 3.05) is 12.4 Å². The zero-order valence-corrected chi connectivity index (χ0v) is 18.4. The van der Waals surface area contributed by atoms with E-state index in [1.807, 2.05) is 61.5 Å². The summed E-state index contributed by atoms with van der Waals surface area (Å²) in [5.74, 6) is 0.889. The van der Waals surface area contributed by atoms with Gasteiger partial charge in [0.2, 0.25) is 11.1 Å². The Kier molecular flexibility index (Phi) is 6.69. The highest BCUT2D eigenvalue weighted by Crippen LogP contribution is 2.23. The fourth-order valence-corrected chi connectivity index (χ4v) is 3.84.